The molecular weight excluding hydrogens is 314 g/mol. The molecule has 0 saturated heterocycles. The number of aliphatic hydroxyl groups excluding tert-OH is 1. The fourth-order valence-electron chi connectivity index (χ4n) is 3.35. The van der Waals surface area contributed by atoms with Crippen molar-refractivity contribution < 1.29 is 9.90 Å². The number of nitrogens with zero attached hydrogens (tertiary/aromatic N) is 3. The van der Waals surface area contributed by atoms with Gasteiger partial charge in [0.15, 0.2) is 0 Å². The van der Waals surface area contributed by atoms with Gasteiger partial charge in [-0.3, -0.25) is 9.36 Å². The van der Waals surface area contributed by atoms with Crippen LogP contribution in [0.25, 0.3) is 16.7 Å². The van der Waals surface area contributed by atoms with Gasteiger partial charge in [-0.05, 0) is 50.1 Å². The Labute approximate surface area is 146 Å². The van der Waals surface area contributed by atoms with Crippen LogP contribution in [-0.4, -0.2) is 44.7 Å². The van der Waals surface area contributed by atoms with Gasteiger partial charge in [0.25, 0.3) is 5.91 Å². The van der Waals surface area contributed by atoms with Crippen molar-refractivity contribution >= 4 is 16.9 Å². The summed E-state index contributed by atoms with van der Waals surface area (Å²) in [6.07, 6.45) is 2.05. The minimum absolute atomic E-state index is 0.00771. The monoisotopic (exact) mass is 335 g/mol. The first kappa shape index (κ1) is 15.8. The molecule has 1 aromatic heterocycles. The van der Waals surface area contributed by atoms with Crippen LogP contribution >= 0.6 is 0 Å². The van der Waals surface area contributed by atoms with E-state index in [9.17, 15) is 9.90 Å². The van der Waals surface area contributed by atoms with Crippen molar-refractivity contribution in [1.82, 2.24) is 14.5 Å². The SMILES string of the molecule is Cc1nc2cc(C(=O)N(CCO)C3CC3)ccc2n1-c1ccccc1. The lowest BCUT2D eigenvalue weighted by Crippen LogP contribution is -2.35. The van der Waals surface area contributed by atoms with Gasteiger partial charge >= 0.3 is 0 Å². The first-order valence-corrected chi connectivity index (χ1v) is 8.65. The Morgan fingerprint density at radius 3 is 2.68 bits per heavy atom. The molecule has 25 heavy (non-hydrogen) atoms. The highest BCUT2D eigenvalue weighted by Gasteiger charge is 2.32. The van der Waals surface area contributed by atoms with Crippen LogP contribution in [0, 0.1) is 6.92 Å². The van der Waals surface area contributed by atoms with Crippen molar-refractivity contribution in [3.63, 3.8) is 0 Å². The van der Waals surface area contributed by atoms with Gasteiger partial charge in [-0.2, -0.15) is 0 Å². The van der Waals surface area contributed by atoms with E-state index in [4.69, 9.17) is 0 Å². The average Bonchev–Trinajstić information content (AvgIpc) is 3.41. The third kappa shape index (κ3) is 2.91. The summed E-state index contributed by atoms with van der Waals surface area (Å²) in [5.74, 6) is 0.866. The zero-order valence-corrected chi connectivity index (χ0v) is 14.2. The molecule has 1 aliphatic carbocycles. The molecule has 5 heteroatoms. The van der Waals surface area contributed by atoms with Crippen molar-refractivity contribution in [3.8, 4) is 5.69 Å². The number of imidazole rings is 1. The lowest BCUT2D eigenvalue weighted by molar-refractivity contribution is 0.0708. The maximum Gasteiger partial charge on any atom is 0.254 e. The lowest BCUT2D eigenvalue weighted by atomic mass is 10.1. The van der Waals surface area contributed by atoms with Gasteiger partial charge < -0.3 is 10.0 Å². The van der Waals surface area contributed by atoms with Crippen molar-refractivity contribution in [2.75, 3.05) is 13.2 Å². The van der Waals surface area contributed by atoms with Crippen LogP contribution < -0.4 is 0 Å². The predicted octanol–water partition coefficient (Wildman–Crippen LogP) is 2.93. The normalized spacial score (nSPS) is 14.0. The van der Waals surface area contributed by atoms with Gasteiger partial charge in [0, 0.05) is 23.8 Å². The third-order valence-electron chi connectivity index (χ3n) is 4.67. The summed E-state index contributed by atoms with van der Waals surface area (Å²) in [5.41, 5.74) is 3.49. The summed E-state index contributed by atoms with van der Waals surface area (Å²) < 4.78 is 2.09. The number of hydrogen-bond donors (Lipinski definition) is 1. The molecular formula is C20H21N3O2. The number of benzene rings is 2. The van der Waals surface area contributed by atoms with Gasteiger partial charge in [-0.1, -0.05) is 18.2 Å². The van der Waals surface area contributed by atoms with Gasteiger partial charge in [-0.15, -0.1) is 0 Å². The summed E-state index contributed by atoms with van der Waals surface area (Å²) in [4.78, 5) is 19.2. The molecule has 0 bridgehead atoms. The summed E-state index contributed by atoms with van der Waals surface area (Å²) in [7, 11) is 0. The molecule has 1 saturated carbocycles. The topological polar surface area (TPSA) is 58.4 Å². The summed E-state index contributed by atoms with van der Waals surface area (Å²) in [6.45, 7) is 2.35. The van der Waals surface area contributed by atoms with E-state index in [0.717, 1.165) is 35.4 Å². The fourth-order valence-corrected chi connectivity index (χ4v) is 3.35. The van der Waals surface area contributed by atoms with Crippen LogP contribution in [0.1, 0.15) is 29.0 Å². The Balaban J connectivity index is 1.73. The molecule has 0 radical (unpaired) electrons. The second-order valence-corrected chi connectivity index (χ2v) is 6.49. The highest BCUT2D eigenvalue weighted by Crippen LogP contribution is 2.29. The van der Waals surface area contributed by atoms with E-state index in [1.807, 2.05) is 55.5 Å². The first-order valence-electron chi connectivity index (χ1n) is 8.65. The van der Waals surface area contributed by atoms with Crippen molar-refractivity contribution in [2.24, 2.45) is 0 Å². The van der Waals surface area contributed by atoms with E-state index in [2.05, 4.69) is 9.55 Å². The number of fused-ring (bicyclic) bond motifs is 1. The Hall–Kier alpha value is -2.66. The molecule has 0 atom stereocenters. The maximum atomic E-state index is 12.8. The Morgan fingerprint density at radius 2 is 2.00 bits per heavy atom. The van der Waals surface area contributed by atoms with Crippen LogP contribution in [0.4, 0.5) is 0 Å². The van der Waals surface area contributed by atoms with Crippen LogP contribution in [0.3, 0.4) is 0 Å². The van der Waals surface area contributed by atoms with Gasteiger partial charge in [-0.25, -0.2) is 4.98 Å². The predicted molar refractivity (Wildman–Crippen MR) is 97.0 cm³/mol. The standard InChI is InChI=1S/C20H21N3O2/c1-14-21-18-13-15(20(25)22(11-12-24)16-8-9-16)7-10-19(18)23(14)17-5-3-2-4-6-17/h2-7,10,13,16,24H,8-9,11-12H2,1H3. The molecule has 5 nitrogen and oxygen atoms in total. The van der Waals surface area contributed by atoms with Crippen molar-refractivity contribution in [3.05, 3.63) is 59.9 Å². The molecule has 4 rings (SSSR count). The molecule has 1 heterocycles. The molecule has 0 aliphatic heterocycles. The Morgan fingerprint density at radius 1 is 1.24 bits per heavy atom. The fraction of sp³-hybridized carbons (Fsp3) is 0.300. The number of para-hydroxylation sites is 1. The molecule has 1 fully saturated rings. The molecule has 128 valence electrons. The van der Waals surface area contributed by atoms with Gasteiger partial charge in [0.2, 0.25) is 0 Å². The number of carbonyl (C=O) groups excluding carboxylic acids is 1. The highest BCUT2D eigenvalue weighted by atomic mass is 16.3. The van der Waals surface area contributed by atoms with E-state index in [0.29, 0.717) is 12.1 Å². The van der Waals surface area contributed by atoms with Crippen LogP contribution in [0.15, 0.2) is 48.5 Å². The zero-order valence-electron chi connectivity index (χ0n) is 14.2. The number of aryl methyl sites for hydroxylation is 1. The number of aromatic nitrogens is 2. The zero-order chi connectivity index (χ0) is 17.4. The molecule has 3 aromatic rings. The summed E-state index contributed by atoms with van der Waals surface area (Å²) >= 11 is 0. The Kier molecular flexibility index (Phi) is 4.01. The Bertz CT molecular complexity index is 913. The number of rotatable bonds is 5. The van der Waals surface area contributed by atoms with Crippen molar-refractivity contribution in [1.29, 1.82) is 0 Å². The summed E-state index contributed by atoms with van der Waals surface area (Å²) in [5, 5.41) is 9.24. The molecule has 1 N–H and O–H groups in total. The maximum absolute atomic E-state index is 12.8. The van der Waals surface area contributed by atoms with E-state index < -0.39 is 0 Å². The lowest BCUT2D eigenvalue weighted by Gasteiger charge is -2.21. The third-order valence-corrected chi connectivity index (χ3v) is 4.67. The van der Waals surface area contributed by atoms with Crippen LogP contribution in [-0.2, 0) is 0 Å². The number of hydrogen-bond acceptors (Lipinski definition) is 3. The molecule has 0 unspecified atom stereocenters. The summed E-state index contributed by atoms with van der Waals surface area (Å²) in [6, 6.07) is 16.0. The number of carbonyl (C=O) groups is 1. The molecule has 2 aromatic carbocycles. The van der Waals surface area contributed by atoms with E-state index in [-0.39, 0.29) is 18.6 Å². The van der Waals surface area contributed by atoms with E-state index >= 15 is 0 Å². The van der Waals surface area contributed by atoms with E-state index in [1.54, 1.807) is 4.90 Å². The first-order chi connectivity index (χ1) is 12.2. The van der Waals surface area contributed by atoms with Crippen LogP contribution in [0.2, 0.25) is 0 Å². The number of aliphatic hydroxyl groups is 1. The number of amides is 1. The van der Waals surface area contributed by atoms with Gasteiger partial charge in [0.05, 0.1) is 17.6 Å². The molecule has 1 aliphatic rings. The van der Waals surface area contributed by atoms with Gasteiger partial charge in [0.1, 0.15) is 5.82 Å². The highest BCUT2D eigenvalue weighted by molar-refractivity contribution is 5.98. The second-order valence-electron chi connectivity index (χ2n) is 6.49. The van der Waals surface area contributed by atoms with E-state index in [1.165, 1.54) is 0 Å². The van der Waals surface area contributed by atoms with Crippen LogP contribution in [0.5, 0.6) is 0 Å². The molecule has 0 spiro atoms. The molecule has 1 amide bonds. The quantitative estimate of drug-likeness (QED) is 0.780. The average molecular weight is 335 g/mol. The van der Waals surface area contributed by atoms with Crippen molar-refractivity contribution in [2.45, 2.75) is 25.8 Å². The second kappa shape index (κ2) is 6.33. The largest absolute Gasteiger partial charge is 0.395 e. The minimum atomic E-state index is -0.0228. The smallest absolute Gasteiger partial charge is 0.254 e. The minimum Gasteiger partial charge on any atom is -0.395 e.